The lowest BCUT2D eigenvalue weighted by Gasteiger charge is -2.32. The van der Waals surface area contributed by atoms with E-state index in [2.05, 4.69) is 53.4 Å². The Kier molecular flexibility index (Phi) is 6.25. The molecule has 1 aromatic rings. The zero-order valence-corrected chi connectivity index (χ0v) is 14.1. The minimum absolute atomic E-state index is 0.0532. The van der Waals surface area contributed by atoms with Gasteiger partial charge in [-0.1, -0.05) is 25.1 Å². The molecule has 0 saturated heterocycles. The molecule has 1 heterocycles. The summed E-state index contributed by atoms with van der Waals surface area (Å²) < 4.78 is 0. The highest BCUT2D eigenvalue weighted by atomic mass is 16.1. The van der Waals surface area contributed by atoms with E-state index in [0.717, 1.165) is 32.6 Å². The first-order valence-corrected chi connectivity index (χ1v) is 8.42. The number of benzene rings is 1. The number of nitrogens with zero attached hydrogens (tertiary/aromatic N) is 2. The molecule has 4 nitrogen and oxygen atoms in total. The molecular formula is C18H29N3O. The third-order valence-corrected chi connectivity index (χ3v) is 4.40. The van der Waals surface area contributed by atoms with Gasteiger partial charge in [-0.25, -0.2) is 0 Å². The molecule has 1 aliphatic rings. The molecule has 1 unspecified atom stereocenters. The van der Waals surface area contributed by atoms with E-state index in [1.807, 2.05) is 0 Å². The van der Waals surface area contributed by atoms with Crippen molar-refractivity contribution in [3.05, 3.63) is 29.8 Å². The Hall–Kier alpha value is -1.55. The molecule has 1 aromatic carbocycles. The second-order valence-electron chi connectivity index (χ2n) is 6.16. The summed E-state index contributed by atoms with van der Waals surface area (Å²) in [5.74, 6) is 0.0532. The lowest BCUT2D eigenvalue weighted by Crippen LogP contribution is -2.37. The molecule has 122 valence electrons. The van der Waals surface area contributed by atoms with Crippen molar-refractivity contribution >= 4 is 11.6 Å². The first kappa shape index (κ1) is 16.8. The van der Waals surface area contributed by atoms with E-state index in [4.69, 9.17) is 0 Å². The average Bonchev–Trinajstić information content (AvgIpc) is 2.66. The van der Waals surface area contributed by atoms with Crippen LogP contribution in [0.2, 0.25) is 0 Å². The van der Waals surface area contributed by atoms with E-state index in [1.165, 1.54) is 24.1 Å². The summed E-state index contributed by atoms with van der Waals surface area (Å²) in [4.78, 5) is 16.0. The van der Waals surface area contributed by atoms with Crippen molar-refractivity contribution < 1.29 is 4.79 Å². The third-order valence-electron chi connectivity index (χ3n) is 4.40. The van der Waals surface area contributed by atoms with E-state index >= 15 is 0 Å². The number of hydrogen-bond donors (Lipinski definition) is 1. The molecule has 0 fully saturated rings. The Morgan fingerprint density at radius 1 is 1.36 bits per heavy atom. The molecule has 0 aliphatic carbocycles. The Morgan fingerprint density at radius 2 is 2.14 bits per heavy atom. The Balaban J connectivity index is 2.18. The van der Waals surface area contributed by atoms with Crippen LogP contribution in [-0.4, -0.2) is 44.0 Å². The van der Waals surface area contributed by atoms with Gasteiger partial charge in [-0.3, -0.25) is 9.69 Å². The van der Waals surface area contributed by atoms with Crippen LogP contribution in [-0.2, 0) is 4.79 Å². The highest BCUT2D eigenvalue weighted by Crippen LogP contribution is 2.35. The smallest absolute Gasteiger partial charge is 0.216 e. The summed E-state index contributed by atoms with van der Waals surface area (Å²) in [6, 6.07) is 9.21. The summed E-state index contributed by atoms with van der Waals surface area (Å²) in [7, 11) is 2.18. The predicted molar refractivity (Wildman–Crippen MR) is 92.2 cm³/mol. The first-order valence-electron chi connectivity index (χ1n) is 8.42. The largest absolute Gasteiger partial charge is 0.374 e. The normalized spacial score (nSPS) is 18.0. The fourth-order valence-corrected chi connectivity index (χ4v) is 3.38. The van der Waals surface area contributed by atoms with Gasteiger partial charge in [-0.05, 0) is 37.4 Å². The van der Waals surface area contributed by atoms with Gasteiger partial charge in [-0.15, -0.1) is 0 Å². The minimum atomic E-state index is 0.0532. The van der Waals surface area contributed by atoms with Crippen LogP contribution in [0.5, 0.6) is 0 Å². The second-order valence-corrected chi connectivity index (χ2v) is 6.16. The molecule has 1 aliphatic heterocycles. The Morgan fingerprint density at radius 3 is 2.86 bits per heavy atom. The van der Waals surface area contributed by atoms with Crippen molar-refractivity contribution in [2.75, 3.05) is 38.1 Å². The zero-order valence-electron chi connectivity index (χ0n) is 14.1. The average molecular weight is 303 g/mol. The van der Waals surface area contributed by atoms with Crippen molar-refractivity contribution in [1.29, 1.82) is 0 Å². The van der Waals surface area contributed by atoms with Gasteiger partial charge in [0.25, 0.3) is 0 Å². The third kappa shape index (κ3) is 4.23. The summed E-state index contributed by atoms with van der Waals surface area (Å²) in [6.45, 7) is 7.63. The van der Waals surface area contributed by atoms with Gasteiger partial charge < -0.3 is 10.2 Å². The molecular weight excluding hydrogens is 274 g/mol. The predicted octanol–water partition coefficient (Wildman–Crippen LogP) is 2.81. The van der Waals surface area contributed by atoms with Gasteiger partial charge in [0.2, 0.25) is 5.91 Å². The van der Waals surface area contributed by atoms with Crippen molar-refractivity contribution in [1.82, 2.24) is 10.2 Å². The van der Waals surface area contributed by atoms with E-state index in [-0.39, 0.29) is 5.91 Å². The number of fused-ring (bicyclic) bond motifs is 1. The molecule has 2 rings (SSSR count). The van der Waals surface area contributed by atoms with Crippen LogP contribution in [0, 0.1) is 0 Å². The number of rotatable bonds is 6. The van der Waals surface area contributed by atoms with Gasteiger partial charge in [-0.2, -0.15) is 0 Å². The van der Waals surface area contributed by atoms with Gasteiger partial charge in [0.1, 0.15) is 0 Å². The van der Waals surface area contributed by atoms with Crippen LogP contribution >= 0.6 is 0 Å². The number of anilines is 1. The molecule has 1 N–H and O–H groups in total. The van der Waals surface area contributed by atoms with E-state index in [9.17, 15) is 4.79 Å². The highest BCUT2D eigenvalue weighted by Gasteiger charge is 2.25. The topological polar surface area (TPSA) is 35.6 Å². The van der Waals surface area contributed by atoms with Crippen LogP contribution in [0.4, 0.5) is 5.69 Å². The SMILES string of the molecule is CCCN(CCNC(C)=O)C1CCCN(C)c2ccccc21. The molecule has 0 aromatic heterocycles. The van der Waals surface area contributed by atoms with E-state index in [1.54, 1.807) is 6.92 Å². The molecule has 22 heavy (non-hydrogen) atoms. The number of para-hydroxylation sites is 1. The van der Waals surface area contributed by atoms with Crippen LogP contribution in [0.25, 0.3) is 0 Å². The lowest BCUT2D eigenvalue weighted by atomic mass is 9.99. The molecule has 1 amide bonds. The quantitative estimate of drug-likeness (QED) is 0.878. The van der Waals surface area contributed by atoms with E-state index in [0.29, 0.717) is 6.04 Å². The fourth-order valence-electron chi connectivity index (χ4n) is 3.38. The van der Waals surface area contributed by atoms with Crippen LogP contribution in [0.3, 0.4) is 0 Å². The molecule has 0 bridgehead atoms. The van der Waals surface area contributed by atoms with Crippen molar-refractivity contribution in [3.63, 3.8) is 0 Å². The van der Waals surface area contributed by atoms with Crippen molar-refractivity contribution in [2.24, 2.45) is 0 Å². The van der Waals surface area contributed by atoms with Crippen molar-refractivity contribution in [2.45, 2.75) is 39.2 Å². The maximum absolute atomic E-state index is 11.1. The summed E-state index contributed by atoms with van der Waals surface area (Å²) in [5.41, 5.74) is 2.78. The fraction of sp³-hybridized carbons (Fsp3) is 0.611. The number of nitrogens with one attached hydrogen (secondary N) is 1. The van der Waals surface area contributed by atoms with Gasteiger partial charge in [0.05, 0.1) is 0 Å². The van der Waals surface area contributed by atoms with Gasteiger partial charge >= 0.3 is 0 Å². The van der Waals surface area contributed by atoms with E-state index < -0.39 is 0 Å². The van der Waals surface area contributed by atoms with Crippen LogP contribution in [0.15, 0.2) is 24.3 Å². The molecule has 0 spiro atoms. The van der Waals surface area contributed by atoms with Gasteiger partial charge in [0, 0.05) is 45.3 Å². The first-order chi connectivity index (χ1) is 10.6. The minimum Gasteiger partial charge on any atom is -0.374 e. The summed E-state index contributed by atoms with van der Waals surface area (Å²) >= 11 is 0. The number of hydrogen-bond acceptors (Lipinski definition) is 3. The van der Waals surface area contributed by atoms with Crippen LogP contribution in [0.1, 0.15) is 44.7 Å². The number of carbonyl (C=O) groups excluding carboxylic acids is 1. The molecule has 0 radical (unpaired) electrons. The maximum atomic E-state index is 11.1. The monoisotopic (exact) mass is 303 g/mol. The Labute approximate surface area is 134 Å². The standard InChI is InChI=1S/C18H29N3O/c1-4-12-21(14-11-19-15(2)22)18-10-7-13-20(3)17-9-6-5-8-16(17)18/h5-6,8-9,18H,4,7,10-14H2,1-3H3,(H,19,22). The second kappa shape index (κ2) is 8.18. The van der Waals surface area contributed by atoms with Crippen LogP contribution < -0.4 is 10.2 Å². The summed E-state index contributed by atoms with van der Waals surface area (Å²) in [5, 5.41) is 2.93. The number of carbonyl (C=O) groups is 1. The molecule has 4 heteroatoms. The highest BCUT2D eigenvalue weighted by molar-refractivity contribution is 5.72. The maximum Gasteiger partial charge on any atom is 0.216 e. The summed E-state index contributed by atoms with van der Waals surface area (Å²) in [6.07, 6.45) is 3.52. The zero-order chi connectivity index (χ0) is 15.9. The number of amides is 1. The lowest BCUT2D eigenvalue weighted by molar-refractivity contribution is -0.119. The van der Waals surface area contributed by atoms with Gasteiger partial charge in [0.15, 0.2) is 0 Å². The molecule has 0 saturated carbocycles. The molecule has 1 atom stereocenters. The Bertz CT molecular complexity index is 489. The van der Waals surface area contributed by atoms with Crippen molar-refractivity contribution in [3.8, 4) is 0 Å².